The van der Waals surface area contributed by atoms with E-state index in [1.54, 1.807) is 0 Å². The molecule has 0 aliphatic heterocycles. The highest BCUT2D eigenvalue weighted by Gasteiger charge is 2.29. The number of amides is 1. The third-order valence-electron chi connectivity index (χ3n) is 2.70. The minimum atomic E-state index is -0.637. The molecule has 0 bridgehead atoms. The summed E-state index contributed by atoms with van der Waals surface area (Å²) >= 11 is 0. The van der Waals surface area contributed by atoms with E-state index in [-0.39, 0.29) is 5.91 Å². The van der Waals surface area contributed by atoms with Gasteiger partial charge in [0, 0.05) is 13.2 Å². The van der Waals surface area contributed by atoms with Gasteiger partial charge < -0.3 is 15.8 Å². The summed E-state index contributed by atoms with van der Waals surface area (Å²) in [6.07, 6.45) is 3.81. The third-order valence-corrected chi connectivity index (χ3v) is 2.70. The molecule has 96 valence electrons. The first kappa shape index (κ1) is 15.4. The van der Waals surface area contributed by atoms with Crippen molar-refractivity contribution in [2.24, 2.45) is 5.73 Å². The molecule has 1 amide bonds. The van der Waals surface area contributed by atoms with Crippen LogP contribution in [-0.2, 0) is 9.53 Å². The molecule has 0 heterocycles. The summed E-state index contributed by atoms with van der Waals surface area (Å²) in [6.45, 7) is 8.17. The summed E-state index contributed by atoms with van der Waals surface area (Å²) in [4.78, 5) is 11.4. The van der Waals surface area contributed by atoms with Crippen molar-refractivity contribution in [3.63, 3.8) is 0 Å². The van der Waals surface area contributed by atoms with Gasteiger partial charge in [0.05, 0.1) is 5.54 Å². The molecule has 0 aliphatic carbocycles. The number of rotatable bonds is 10. The zero-order valence-corrected chi connectivity index (χ0v) is 10.8. The molecule has 0 rings (SSSR count). The summed E-state index contributed by atoms with van der Waals surface area (Å²) in [5.41, 5.74) is 4.76. The minimum absolute atomic E-state index is 0.306. The zero-order chi connectivity index (χ0) is 12.4. The van der Waals surface area contributed by atoms with E-state index in [0.717, 1.165) is 32.4 Å². The Balaban J connectivity index is 3.88. The summed E-state index contributed by atoms with van der Waals surface area (Å²) in [5.74, 6) is -0.306. The van der Waals surface area contributed by atoms with E-state index in [9.17, 15) is 4.79 Å². The summed E-state index contributed by atoms with van der Waals surface area (Å²) in [6, 6.07) is 0. The molecule has 0 aromatic carbocycles. The Morgan fingerprint density at radius 2 is 2.00 bits per heavy atom. The van der Waals surface area contributed by atoms with Gasteiger partial charge in [-0.1, -0.05) is 20.3 Å². The monoisotopic (exact) mass is 230 g/mol. The molecule has 0 aromatic heterocycles. The first-order valence-corrected chi connectivity index (χ1v) is 6.19. The van der Waals surface area contributed by atoms with Crippen LogP contribution in [0.4, 0.5) is 0 Å². The third kappa shape index (κ3) is 6.08. The number of carbonyl (C=O) groups is 1. The predicted molar refractivity (Wildman–Crippen MR) is 66.2 cm³/mol. The van der Waals surface area contributed by atoms with Crippen LogP contribution >= 0.6 is 0 Å². The molecule has 0 spiro atoms. The van der Waals surface area contributed by atoms with Gasteiger partial charge in [-0.2, -0.15) is 0 Å². The van der Waals surface area contributed by atoms with Gasteiger partial charge in [-0.05, 0) is 32.7 Å². The van der Waals surface area contributed by atoms with Crippen LogP contribution in [0.1, 0.15) is 46.5 Å². The number of carbonyl (C=O) groups excluding carboxylic acids is 1. The van der Waals surface area contributed by atoms with Crippen molar-refractivity contribution in [2.45, 2.75) is 52.0 Å². The predicted octanol–water partition coefficient (Wildman–Crippen LogP) is 1.44. The minimum Gasteiger partial charge on any atom is -0.381 e. The molecule has 0 saturated carbocycles. The van der Waals surface area contributed by atoms with Crippen molar-refractivity contribution in [3.8, 4) is 0 Å². The molecule has 16 heavy (non-hydrogen) atoms. The summed E-state index contributed by atoms with van der Waals surface area (Å²) < 4.78 is 5.45. The molecule has 0 fully saturated rings. The van der Waals surface area contributed by atoms with Crippen molar-refractivity contribution in [1.82, 2.24) is 5.32 Å². The van der Waals surface area contributed by atoms with Crippen LogP contribution in [0.15, 0.2) is 0 Å². The topological polar surface area (TPSA) is 64.3 Å². The second kappa shape index (κ2) is 8.53. The van der Waals surface area contributed by atoms with Gasteiger partial charge in [0.15, 0.2) is 0 Å². The number of ether oxygens (including phenoxy) is 1. The lowest BCUT2D eigenvalue weighted by Crippen LogP contribution is -2.54. The molecule has 1 unspecified atom stereocenters. The van der Waals surface area contributed by atoms with Gasteiger partial charge in [0.2, 0.25) is 5.91 Å². The Morgan fingerprint density at radius 1 is 1.31 bits per heavy atom. The lowest BCUT2D eigenvalue weighted by Gasteiger charge is -2.27. The fraction of sp³-hybridized carbons (Fsp3) is 0.917. The summed E-state index contributed by atoms with van der Waals surface area (Å²) in [5, 5.41) is 3.18. The second-order valence-corrected chi connectivity index (χ2v) is 4.34. The zero-order valence-electron chi connectivity index (χ0n) is 10.8. The number of unbranched alkanes of at least 4 members (excludes halogenated alkanes) is 1. The largest absolute Gasteiger partial charge is 0.381 e. The number of nitrogens with two attached hydrogens (primary N) is 1. The van der Waals surface area contributed by atoms with Gasteiger partial charge in [0.25, 0.3) is 0 Å². The fourth-order valence-corrected chi connectivity index (χ4v) is 1.32. The molecule has 4 nitrogen and oxygen atoms in total. The Bertz CT molecular complexity index is 197. The van der Waals surface area contributed by atoms with Gasteiger partial charge in [-0.15, -0.1) is 0 Å². The van der Waals surface area contributed by atoms with Crippen LogP contribution in [-0.4, -0.2) is 31.2 Å². The average Bonchev–Trinajstić information content (AvgIpc) is 2.26. The van der Waals surface area contributed by atoms with Crippen LogP contribution in [0, 0.1) is 0 Å². The smallest absolute Gasteiger partial charge is 0.237 e. The van der Waals surface area contributed by atoms with Crippen molar-refractivity contribution >= 4 is 5.91 Å². The van der Waals surface area contributed by atoms with Gasteiger partial charge in [-0.25, -0.2) is 0 Å². The highest BCUT2D eigenvalue weighted by atomic mass is 16.5. The van der Waals surface area contributed by atoms with Crippen LogP contribution in [0.25, 0.3) is 0 Å². The maximum absolute atomic E-state index is 11.4. The first-order chi connectivity index (χ1) is 7.56. The van der Waals surface area contributed by atoms with Crippen LogP contribution < -0.4 is 11.1 Å². The fourth-order valence-electron chi connectivity index (χ4n) is 1.32. The Labute approximate surface area is 98.9 Å². The van der Waals surface area contributed by atoms with Crippen molar-refractivity contribution < 1.29 is 9.53 Å². The Kier molecular flexibility index (Phi) is 8.21. The van der Waals surface area contributed by atoms with Crippen molar-refractivity contribution in [1.29, 1.82) is 0 Å². The number of nitrogens with one attached hydrogen (secondary N) is 1. The van der Waals surface area contributed by atoms with E-state index >= 15 is 0 Å². The quantitative estimate of drug-likeness (QED) is 0.558. The Morgan fingerprint density at radius 3 is 2.50 bits per heavy atom. The van der Waals surface area contributed by atoms with E-state index in [1.165, 1.54) is 0 Å². The first-order valence-electron chi connectivity index (χ1n) is 6.19. The van der Waals surface area contributed by atoms with E-state index in [1.807, 2.05) is 6.92 Å². The van der Waals surface area contributed by atoms with E-state index in [2.05, 4.69) is 19.2 Å². The molecule has 4 heteroatoms. The second-order valence-electron chi connectivity index (χ2n) is 4.34. The SMILES string of the molecule is CCCCOCCC(C)(NCCC)C(N)=O. The highest BCUT2D eigenvalue weighted by molar-refractivity contribution is 5.84. The van der Waals surface area contributed by atoms with E-state index in [0.29, 0.717) is 13.0 Å². The van der Waals surface area contributed by atoms with E-state index in [4.69, 9.17) is 10.5 Å². The van der Waals surface area contributed by atoms with Gasteiger partial charge >= 0.3 is 0 Å². The molecule has 0 aliphatic rings. The number of hydrogen-bond donors (Lipinski definition) is 2. The standard InChI is InChI=1S/C12H26N2O2/c1-4-6-9-16-10-7-12(3,11(13)15)14-8-5-2/h14H,4-10H2,1-3H3,(H2,13,15). The Hall–Kier alpha value is -0.610. The van der Waals surface area contributed by atoms with Crippen molar-refractivity contribution in [2.75, 3.05) is 19.8 Å². The molecule has 1 atom stereocenters. The highest BCUT2D eigenvalue weighted by Crippen LogP contribution is 2.09. The average molecular weight is 230 g/mol. The molecular formula is C12H26N2O2. The number of hydrogen-bond acceptors (Lipinski definition) is 3. The molecular weight excluding hydrogens is 204 g/mol. The van der Waals surface area contributed by atoms with Crippen LogP contribution in [0.3, 0.4) is 0 Å². The van der Waals surface area contributed by atoms with E-state index < -0.39 is 5.54 Å². The maximum atomic E-state index is 11.4. The van der Waals surface area contributed by atoms with Gasteiger partial charge in [0.1, 0.15) is 0 Å². The molecule has 0 radical (unpaired) electrons. The van der Waals surface area contributed by atoms with Crippen LogP contribution in [0.2, 0.25) is 0 Å². The normalized spacial score (nSPS) is 14.7. The van der Waals surface area contributed by atoms with Crippen LogP contribution in [0.5, 0.6) is 0 Å². The van der Waals surface area contributed by atoms with Crippen molar-refractivity contribution in [3.05, 3.63) is 0 Å². The lowest BCUT2D eigenvalue weighted by atomic mass is 9.97. The molecule has 0 aromatic rings. The number of primary amides is 1. The molecule has 3 N–H and O–H groups in total. The molecule has 0 saturated heterocycles. The summed E-state index contributed by atoms with van der Waals surface area (Å²) in [7, 11) is 0. The van der Waals surface area contributed by atoms with Gasteiger partial charge in [-0.3, -0.25) is 4.79 Å². The lowest BCUT2D eigenvalue weighted by molar-refractivity contribution is -0.124. The maximum Gasteiger partial charge on any atom is 0.237 e.